The molecule has 26 heavy (non-hydrogen) atoms. The Morgan fingerprint density at radius 3 is 2.54 bits per heavy atom. The van der Waals surface area contributed by atoms with Gasteiger partial charge in [0, 0.05) is 6.42 Å². The summed E-state index contributed by atoms with van der Waals surface area (Å²) in [5, 5.41) is 0. The van der Waals surface area contributed by atoms with E-state index in [1.165, 1.54) is 22.3 Å². The minimum absolute atomic E-state index is 0.0765. The maximum Gasteiger partial charge on any atom is 0.170 e. The third-order valence-electron chi connectivity index (χ3n) is 4.84. The lowest BCUT2D eigenvalue weighted by molar-refractivity contribution is 0.0990. The van der Waals surface area contributed by atoms with Crippen LogP contribution >= 0.6 is 0 Å². The van der Waals surface area contributed by atoms with Gasteiger partial charge < -0.3 is 4.74 Å². The van der Waals surface area contributed by atoms with Crippen LogP contribution in [0, 0.1) is 0 Å². The third-order valence-corrected chi connectivity index (χ3v) is 4.84. The number of carbonyl (C=O) groups is 1. The molecule has 128 valence electrons. The van der Waals surface area contributed by atoms with E-state index in [0.29, 0.717) is 17.7 Å². The quantitative estimate of drug-likeness (QED) is 0.595. The number of allylic oxidation sites excluding steroid dienone is 1. The maximum absolute atomic E-state index is 12.7. The minimum Gasteiger partial charge on any atom is -0.496 e. The van der Waals surface area contributed by atoms with E-state index in [1.807, 2.05) is 30.3 Å². The Balaban J connectivity index is 1.57. The van der Waals surface area contributed by atoms with E-state index in [-0.39, 0.29) is 5.78 Å². The van der Waals surface area contributed by atoms with Crippen molar-refractivity contribution in [2.24, 2.45) is 0 Å². The second kappa shape index (κ2) is 7.01. The van der Waals surface area contributed by atoms with E-state index in [4.69, 9.17) is 4.74 Å². The van der Waals surface area contributed by atoms with Gasteiger partial charge in [0.15, 0.2) is 5.78 Å². The number of benzene rings is 3. The van der Waals surface area contributed by atoms with Crippen molar-refractivity contribution in [1.82, 2.24) is 0 Å². The molecule has 0 heterocycles. The summed E-state index contributed by atoms with van der Waals surface area (Å²) in [5.41, 5.74) is 6.79. The van der Waals surface area contributed by atoms with Crippen LogP contribution < -0.4 is 4.74 Å². The van der Waals surface area contributed by atoms with E-state index in [2.05, 4.69) is 48.5 Å². The molecule has 2 heteroatoms. The number of para-hydroxylation sites is 1. The van der Waals surface area contributed by atoms with Gasteiger partial charge in [-0.1, -0.05) is 66.7 Å². The van der Waals surface area contributed by atoms with E-state index in [9.17, 15) is 4.79 Å². The number of hydrogen-bond acceptors (Lipinski definition) is 2. The van der Waals surface area contributed by atoms with Gasteiger partial charge in [0.2, 0.25) is 0 Å². The first-order valence-corrected chi connectivity index (χ1v) is 8.78. The van der Waals surface area contributed by atoms with Crippen LogP contribution in [0.2, 0.25) is 0 Å². The first kappa shape index (κ1) is 16.3. The number of Topliss-reactive ketones (excluding diaryl/α,β-unsaturated/α-hetero) is 1. The zero-order valence-corrected chi connectivity index (χ0v) is 14.7. The molecule has 0 aliphatic heterocycles. The van der Waals surface area contributed by atoms with Gasteiger partial charge in [0.25, 0.3) is 0 Å². The Labute approximate surface area is 153 Å². The lowest BCUT2D eigenvalue weighted by Gasteiger charge is -2.08. The van der Waals surface area contributed by atoms with Crippen LogP contribution in [0.25, 0.3) is 11.6 Å². The summed E-state index contributed by atoms with van der Waals surface area (Å²) in [4.78, 5) is 12.7. The molecule has 0 aromatic heterocycles. The number of ether oxygens (including phenoxy) is 1. The number of hydrogen-bond donors (Lipinski definition) is 0. The highest BCUT2D eigenvalue weighted by atomic mass is 16.5. The van der Waals surface area contributed by atoms with Gasteiger partial charge in [-0.2, -0.15) is 0 Å². The van der Waals surface area contributed by atoms with Crippen molar-refractivity contribution >= 4 is 17.4 Å². The molecule has 1 aliphatic rings. The molecule has 1 aliphatic carbocycles. The highest BCUT2D eigenvalue weighted by molar-refractivity contribution is 6.00. The van der Waals surface area contributed by atoms with Gasteiger partial charge >= 0.3 is 0 Å². The second-order valence-electron chi connectivity index (χ2n) is 6.55. The van der Waals surface area contributed by atoms with Crippen molar-refractivity contribution < 1.29 is 9.53 Å². The van der Waals surface area contributed by atoms with Crippen LogP contribution in [0.1, 0.15) is 32.6 Å². The molecular formula is C24H20O2. The second-order valence-corrected chi connectivity index (χ2v) is 6.55. The van der Waals surface area contributed by atoms with E-state index in [1.54, 1.807) is 7.11 Å². The summed E-state index contributed by atoms with van der Waals surface area (Å²) in [7, 11) is 1.59. The van der Waals surface area contributed by atoms with Crippen molar-refractivity contribution in [1.29, 1.82) is 0 Å². The van der Waals surface area contributed by atoms with Gasteiger partial charge in [-0.05, 0) is 46.4 Å². The Morgan fingerprint density at radius 2 is 1.73 bits per heavy atom. The summed E-state index contributed by atoms with van der Waals surface area (Å²) < 4.78 is 5.31. The number of rotatable bonds is 5. The number of fused-ring (bicyclic) bond motifs is 1. The van der Waals surface area contributed by atoms with E-state index >= 15 is 0 Å². The van der Waals surface area contributed by atoms with Crippen LogP contribution in [0.15, 0.2) is 72.8 Å². The monoisotopic (exact) mass is 340 g/mol. The molecule has 0 saturated heterocycles. The maximum atomic E-state index is 12.7. The van der Waals surface area contributed by atoms with Crippen LogP contribution in [0.3, 0.4) is 0 Å². The largest absolute Gasteiger partial charge is 0.496 e. The smallest absolute Gasteiger partial charge is 0.170 e. The molecule has 0 bridgehead atoms. The molecule has 0 amide bonds. The van der Waals surface area contributed by atoms with Gasteiger partial charge in [-0.25, -0.2) is 0 Å². The fraction of sp³-hybridized carbons (Fsp3) is 0.125. The molecule has 3 aromatic rings. The van der Waals surface area contributed by atoms with Crippen molar-refractivity contribution in [3.05, 3.63) is 101 Å². The van der Waals surface area contributed by atoms with Gasteiger partial charge in [0.05, 0.1) is 12.7 Å². The van der Waals surface area contributed by atoms with Gasteiger partial charge in [-0.3, -0.25) is 4.79 Å². The topological polar surface area (TPSA) is 26.3 Å². The zero-order chi connectivity index (χ0) is 17.9. The SMILES string of the molecule is COc1ccccc1C(=O)Cc1ccc2c(c1)C=C(c1ccccc1)C2. The summed E-state index contributed by atoms with van der Waals surface area (Å²) in [6.07, 6.45) is 3.56. The Bertz CT molecular complexity index is 984. The Kier molecular flexibility index (Phi) is 4.40. The fourth-order valence-corrected chi connectivity index (χ4v) is 3.49. The lowest BCUT2D eigenvalue weighted by Crippen LogP contribution is -2.06. The molecule has 0 radical (unpaired) electrons. The summed E-state index contributed by atoms with van der Waals surface area (Å²) in [6.45, 7) is 0. The van der Waals surface area contributed by atoms with Crippen molar-refractivity contribution in [2.75, 3.05) is 7.11 Å². The highest BCUT2D eigenvalue weighted by Crippen LogP contribution is 2.32. The normalized spacial score (nSPS) is 12.4. The predicted molar refractivity (Wildman–Crippen MR) is 105 cm³/mol. The van der Waals surface area contributed by atoms with Gasteiger partial charge in [0.1, 0.15) is 5.75 Å². The van der Waals surface area contributed by atoms with Crippen molar-refractivity contribution in [2.45, 2.75) is 12.8 Å². The van der Waals surface area contributed by atoms with Crippen LogP contribution in [0.4, 0.5) is 0 Å². The molecule has 2 nitrogen and oxygen atoms in total. The fourth-order valence-electron chi connectivity index (χ4n) is 3.49. The highest BCUT2D eigenvalue weighted by Gasteiger charge is 2.16. The predicted octanol–water partition coefficient (Wildman–Crippen LogP) is 5.22. The third kappa shape index (κ3) is 3.18. The standard InChI is InChI=1S/C24H20O2/c1-26-24-10-6-5-9-22(24)23(25)14-17-11-12-19-15-21(16-20(19)13-17)18-7-3-2-4-8-18/h2-13,16H,14-15H2,1H3. The molecule has 0 spiro atoms. The van der Waals surface area contributed by atoms with E-state index < -0.39 is 0 Å². The number of methoxy groups -OCH3 is 1. The summed E-state index contributed by atoms with van der Waals surface area (Å²) in [6, 6.07) is 24.2. The Morgan fingerprint density at radius 1 is 0.962 bits per heavy atom. The molecule has 0 N–H and O–H groups in total. The lowest BCUT2D eigenvalue weighted by atomic mass is 9.99. The zero-order valence-electron chi connectivity index (χ0n) is 14.7. The van der Waals surface area contributed by atoms with E-state index in [0.717, 1.165) is 12.0 Å². The first-order chi connectivity index (χ1) is 12.7. The molecular weight excluding hydrogens is 320 g/mol. The van der Waals surface area contributed by atoms with Crippen LogP contribution in [-0.4, -0.2) is 12.9 Å². The van der Waals surface area contributed by atoms with Crippen molar-refractivity contribution in [3.63, 3.8) is 0 Å². The van der Waals surface area contributed by atoms with Gasteiger partial charge in [-0.15, -0.1) is 0 Å². The van der Waals surface area contributed by atoms with Crippen molar-refractivity contribution in [3.8, 4) is 5.75 Å². The first-order valence-electron chi connectivity index (χ1n) is 8.78. The average Bonchev–Trinajstić information content (AvgIpc) is 3.12. The minimum atomic E-state index is 0.0765. The Hall–Kier alpha value is -3.13. The van der Waals surface area contributed by atoms with Crippen LogP contribution in [-0.2, 0) is 12.8 Å². The molecule has 0 unspecified atom stereocenters. The molecule has 0 saturated carbocycles. The molecule has 0 atom stereocenters. The van der Waals surface area contributed by atoms with Crippen LogP contribution in [0.5, 0.6) is 5.75 Å². The number of carbonyl (C=O) groups excluding carboxylic acids is 1. The molecule has 0 fully saturated rings. The number of ketones is 1. The summed E-state index contributed by atoms with van der Waals surface area (Å²) in [5.74, 6) is 0.706. The summed E-state index contributed by atoms with van der Waals surface area (Å²) >= 11 is 0. The molecule has 4 rings (SSSR count). The molecule has 3 aromatic carbocycles. The average molecular weight is 340 g/mol.